The molecule has 1 atom stereocenters. The summed E-state index contributed by atoms with van der Waals surface area (Å²) in [5, 5.41) is 9.58. The Morgan fingerprint density at radius 2 is 2.24 bits per heavy atom. The van der Waals surface area contributed by atoms with Gasteiger partial charge in [0.25, 0.3) is 0 Å². The summed E-state index contributed by atoms with van der Waals surface area (Å²) in [6.45, 7) is 5.51. The van der Waals surface area contributed by atoms with Crippen molar-refractivity contribution in [3.63, 3.8) is 0 Å². The summed E-state index contributed by atoms with van der Waals surface area (Å²) in [6.07, 6.45) is 2.39. The first-order valence-electron chi connectivity index (χ1n) is 6.17. The molecule has 94 valence electrons. The zero-order chi connectivity index (χ0) is 12.4. The maximum atomic E-state index is 9.58. The summed E-state index contributed by atoms with van der Waals surface area (Å²) in [4.78, 5) is 10.9. The van der Waals surface area contributed by atoms with Crippen molar-refractivity contribution in [3.8, 4) is 0 Å². The van der Waals surface area contributed by atoms with E-state index < -0.39 is 0 Å². The predicted molar refractivity (Wildman–Crippen MR) is 68.0 cm³/mol. The van der Waals surface area contributed by atoms with Crippen LogP contribution in [0.1, 0.15) is 31.2 Å². The summed E-state index contributed by atoms with van der Waals surface area (Å²) in [7, 11) is 0. The summed E-state index contributed by atoms with van der Waals surface area (Å²) in [5.74, 6) is 2.24. The van der Waals surface area contributed by atoms with Crippen LogP contribution in [0.2, 0.25) is 0 Å². The third kappa shape index (κ3) is 2.49. The molecule has 1 aromatic heterocycles. The maximum absolute atomic E-state index is 9.58. The lowest BCUT2D eigenvalue weighted by atomic mass is 10.2. The fraction of sp³-hybridized carbons (Fsp3) is 0.667. The second-order valence-electron chi connectivity index (χ2n) is 4.61. The molecule has 0 aliphatic carbocycles. The van der Waals surface area contributed by atoms with Crippen molar-refractivity contribution in [1.82, 2.24) is 9.97 Å². The van der Waals surface area contributed by atoms with E-state index >= 15 is 0 Å². The average molecular weight is 236 g/mol. The number of aliphatic hydroxyl groups is 1. The SMILES string of the molecule is CCCc1nc(N)c(C)c(N2CCC(O)C2)n1. The van der Waals surface area contributed by atoms with Gasteiger partial charge in [-0.1, -0.05) is 6.92 Å². The van der Waals surface area contributed by atoms with Crippen molar-refractivity contribution < 1.29 is 5.11 Å². The van der Waals surface area contributed by atoms with E-state index in [0.29, 0.717) is 12.4 Å². The number of β-amino-alcohol motifs (C(OH)–C–C–N with tert-alkyl or cyclic N) is 1. The second-order valence-corrected chi connectivity index (χ2v) is 4.61. The van der Waals surface area contributed by atoms with Crippen molar-refractivity contribution in [2.45, 2.75) is 39.2 Å². The number of nitrogen functional groups attached to an aromatic ring is 1. The van der Waals surface area contributed by atoms with E-state index in [2.05, 4.69) is 21.8 Å². The quantitative estimate of drug-likeness (QED) is 0.815. The summed E-state index contributed by atoms with van der Waals surface area (Å²) in [5.41, 5.74) is 6.83. The lowest BCUT2D eigenvalue weighted by Crippen LogP contribution is -2.24. The molecule has 1 aromatic rings. The molecule has 2 heterocycles. The Hall–Kier alpha value is -1.36. The van der Waals surface area contributed by atoms with Crippen LogP contribution < -0.4 is 10.6 Å². The lowest BCUT2D eigenvalue weighted by molar-refractivity contribution is 0.198. The van der Waals surface area contributed by atoms with Crippen LogP contribution in [0.4, 0.5) is 11.6 Å². The molecule has 1 aliphatic heterocycles. The minimum atomic E-state index is -0.250. The molecule has 2 rings (SSSR count). The van der Waals surface area contributed by atoms with E-state index in [1.165, 1.54) is 0 Å². The van der Waals surface area contributed by atoms with Crippen LogP contribution in [0.3, 0.4) is 0 Å². The predicted octanol–water partition coefficient (Wildman–Crippen LogP) is 0.891. The maximum Gasteiger partial charge on any atom is 0.137 e. The van der Waals surface area contributed by atoms with Crippen molar-refractivity contribution in [3.05, 3.63) is 11.4 Å². The Labute approximate surface area is 102 Å². The number of hydrogen-bond acceptors (Lipinski definition) is 5. The van der Waals surface area contributed by atoms with Gasteiger partial charge in [0, 0.05) is 25.1 Å². The first-order valence-corrected chi connectivity index (χ1v) is 6.17. The summed E-state index contributed by atoms with van der Waals surface area (Å²) >= 11 is 0. The normalized spacial score (nSPS) is 19.9. The van der Waals surface area contributed by atoms with Crippen molar-refractivity contribution >= 4 is 11.6 Å². The Balaban J connectivity index is 2.31. The molecule has 0 amide bonds. The fourth-order valence-electron chi connectivity index (χ4n) is 2.15. The van der Waals surface area contributed by atoms with Gasteiger partial charge in [0.2, 0.25) is 0 Å². The van der Waals surface area contributed by atoms with E-state index in [1.807, 2.05) is 6.92 Å². The smallest absolute Gasteiger partial charge is 0.137 e. The van der Waals surface area contributed by atoms with E-state index in [1.54, 1.807) is 0 Å². The number of nitrogens with zero attached hydrogens (tertiary/aromatic N) is 3. The van der Waals surface area contributed by atoms with E-state index in [4.69, 9.17) is 5.73 Å². The highest BCUT2D eigenvalue weighted by Gasteiger charge is 2.24. The first kappa shape index (κ1) is 12.1. The van der Waals surface area contributed by atoms with Crippen molar-refractivity contribution in [1.29, 1.82) is 0 Å². The topological polar surface area (TPSA) is 75.3 Å². The van der Waals surface area contributed by atoms with Gasteiger partial charge < -0.3 is 15.7 Å². The second kappa shape index (κ2) is 4.87. The van der Waals surface area contributed by atoms with Crippen LogP contribution in [0, 0.1) is 6.92 Å². The number of aryl methyl sites for hydroxylation is 1. The molecular weight excluding hydrogens is 216 g/mol. The van der Waals surface area contributed by atoms with Crippen LogP contribution in [0.15, 0.2) is 0 Å². The van der Waals surface area contributed by atoms with Crippen LogP contribution in [0.5, 0.6) is 0 Å². The van der Waals surface area contributed by atoms with Gasteiger partial charge in [-0.15, -0.1) is 0 Å². The molecule has 0 bridgehead atoms. The zero-order valence-electron chi connectivity index (χ0n) is 10.5. The number of anilines is 2. The van der Waals surface area contributed by atoms with Gasteiger partial charge in [-0.3, -0.25) is 0 Å². The van der Waals surface area contributed by atoms with E-state index in [9.17, 15) is 5.11 Å². The molecule has 0 spiro atoms. The van der Waals surface area contributed by atoms with Crippen LogP contribution in [-0.2, 0) is 6.42 Å². The van der Waals surface area contributed by atoms with Gasteiger partial charge in [-0.2, -0.15) is 0 Å². The van der Waals surface area contributed by atoms with Gasteiger partial charge in [-0.25, -0.2) is 9.97 Å². The molecule has 5 nitrogen and oxygen atoms in total. The molecule has 0 radical (unpaired) electrons. The molecule has 0 aromatic carbocycles. The molecule has 0 saturated carbocycles. The minimum Gasteiger partial charge on any atom is -0.391 e. The first-order chi connectivity index (χ1) is 8.11. The molecule has 5 heteroatoms. The molecule has 1 unspecified atom stereocenters. The van der Waals surface area contributed by atoms with Crippen molar-refractivity contribution in [2.75, 3.05) is 23.7 Å². The van der Waals surface area contributed by atoms with Crippen LogP contribution in [-0.4, -0.2) is 34.3 Å². The number of nitrogens with two attached hydrogens (primary N) is 1. The number of aromatic nitrogens is 2. The standard InChI is InChI=1S/C12H20N4O/c1-3-4-10-14-11(13)8(2)12(15-10)16-6-5-9(17)7-16/h9,17H,3-7H2,1-2H3,(H2,13,14,15). The Kier molecular flexibility index (Phi) is 3.47. The van der Waals surface area contributed by atoms with Gasteiger partial charge in [0.1, 0.15) is 17.5 Å². The highest BCUT2D eigenvalue weighted by molar-refractivity contribution is 5.57. The largest absolute Gasteiger partial charge is 0.391 e. The molecule has 1 fully saturated rings. The van der Waals surface area contributed by atoms with Gasteiger partial charge >= 0.3 is 0 Å². The van der Waals surface area contributed by atoms with Gasteiger partial charge in [0.15, 0.2) is 0 Å². The third-order valence-corrected chi connectivity index (χ3v) is 3.14. The van der Waals surface area contributed by atoms with Crippen molar-refractivity contribution in [2.24, 2.45) is 0 Å². The van der Waals surface area contributed by atoms with Crippen LogP contribution in [0.25, 0.3) is 0 Å². The van der Waals surface area contributed by atoms with Gasteiger partial charge in [-0.05, 0) is 19.8 Å². The average Bonchev–Trinajstić information content (AvgIpc) is 2.70. The van der Waals surface area contributed by atoms with Crippen LogP contribution >= 0.6 is 0 Å². The fourth-order valence-corrected chi connectivity index (χ4v) is 2.15. The zero-order valence-corrected chi connectivity index (χ0v) is 10.5. The summed E-state index contributed by atoms with van der Waals surface area (Å²) in [6, 6.07) is 0. The molecule has 3 N–H and O–H groups in total. The highest BCUT2D eigenvalue weighted by atomic mass is 16.3. The highest BCUT2D eigenvalue weighted by Crippen LogP contribution is 2.25. The molecular formula is C12H20N4O. The number of aliphatic hydroxyl groups excluding tert-OH is 1. The summed E-state index contributed by atoms with van der Waals surface area (Å²) < 4.78 is 0. The lowest BCUT2D eigenvalue weighted by Gasteiger charge is -2.20. The molecule has 1 aliphatic rings. The number of hydrogen-bond donors (Lipinski definition) is 2. The van der Waals surface area contributed by atoms with E-state index in [0.717, 1.165) is 43.0 Å². The third-order valence-electron chi connectivity index (χ3n) is 3.14. The Morgan fingerprint density at radius 3 is 2.82 bits per heavy atom. The minimum absolute atomic E-state index is 0.250. The molecule has 17 heavy (non-hydrogen) atoms. The number of rotatable bonds is 3. The Bertz CT molecular complexity index is 408. The van der Waals surface area contributed by atoms with E-state index in [-0.39, 0.29) is 6.10 Å². The van der Waals surface area contributed by atoms with Gasteiger partial charge in [0.05, 0.1) is 6.10 Å². The Morgan fingerprint density at radius 1 is 1.47 bits per heavy atom. The monoisotopic (exact) mass is 236 g/mol. The molecule has 1 saturated heterocycles.